The van der Waals surface area contributed by atoms with Crippen LogP contribution < -0.4 is 4.90 Å². The Balaban J connectivity index is 1.84. The number of carbonyl (C=O) groups excluding carboxylic acids is 1. The van der Waals surface area contributed by atoms with E-state index in [9.17, 15) is 14.9 Å². The molecule has 0 unspecified atom stereocenters. The topological polar surface area (TPSA) is 76.3 Å². The van der Waals surface area contributed by atoms with Gasteiger partial charge >= 0.3 is 0 Å². The lowest BCUT2D eigenvalue weighted by molar-refractivity contribution is -0.384. The van der Waals surface area contributed by atoms with E-state index in [0.717, 1.165) is 5.56 Å². The molecule has 0 radical (unpaired) electrons. The first kappa shape index (κ1) is 18.0. The number of hydrogen-bond donors (Lipinski definition) is 0. The van der Waals surface area contributed by atoms with Gasteiger partial charge in [0.25, 0.3) is 11.6 Å². The quantitative estimate of drug-likeness (QED) is 0.375. The molecule has 1 aromatic heterocycles. The van der Waals surface area contributed by atoms with Gasteiger partial charge in [0.1, 0.15) is 5.82 Å². The number of hydrogen-bond acceptors (Lipinski definition) is 4. The van der Waals surface area contributed by atoms with E-state index in [1.54, 1.807) is 41.4 Å². The van der Waals surface area contributed by atoms with Gasteiger partial charge in [-0.1, -0.05) is 48.5 Å². The van der Waals surface area contributed by atoms with Gasteiger partial charge in [-0.15, -0.1) is 0 Å². The van der Waals surface area contributed by atoms with Crippen LogP contribution >= 0.6 is 0 Å². The number of nitrogens with zero attached hydrogens (tertiary/aromatic N) is 3. The Morgan fingerprint density at radius 2 is 1.81 bits per heavy atom. The second kappa shape index (κ2) is 8.53. The van der Waals surface area contributed by atoms with Crippen molar-refractivity contribution in [3.05, 3.63) is 106 Å². The van der Waals surface area contributed by atoms with Crippen LogP contribution in [-0.4, -0.2) is 15.8 Å². The van der Waals surface area contributed by atoms with Crippen LogP contribution in [0.25, 0.3) is 6.08 Å². The van der Waals surface area contributed by atoms with E-state index >= 15 is 0 Å². The summed E-state index contributed by atoms with van der Waals surface area (Å²) in [6, 6.07) is 21.1. The summed E-state index contributed by atoms with van der Waals surface area (Å²) in [6.07, 6.45) is 4.60. The second-order valence-electron chi connectivity index (χ2n) is 5.78. The van der Waals surface area contributed by atoms with Gasteiger partial charge in [-0.25, -0.2) is 4.98 Å². The number of aromatic nitrogens is 1. The van der Waals surface area contributed by atoms with Crippen LogP contribution in [0, 0.1) is 10.1 Å². The normalized spacial score (nSPS) is 10.7. The molecule has 0 aliphatic heterocycles. The van der Waals surface area contributed by atoms with Crippen molar-refractivity contribution in [1.29, 1.82) is 0 Å². The highest BCUT2D eigenvalue weighted by Crippen LogP contribution is 2.17. The molecular formula is C21H17N3O3. The molecule has 1 heterocycles. The van der Waals surface area contributed by atoms with E-state index in [1.165, 1.54) is 18.2 Å². The minimum absolute atomic E-state index is 0.0181. The first-order valence-corrected chi connectivity index (χ1v) is 8.32. The lowest BCUT2D eigenvalue weighted by atomic mass is 10.1. The molecule has 0 atom stereocenters. The van der Waals surface area contributed by atoms with Crippen LogP contribution in [0.3, 0.4) is 0 Å². The molecule has 0 N–H and O–H groups in total. The van der Waals surface area contributed by atoms with Gasteiger partial charge in [0, 0.05) is 24.4 Å². The zero-order valence-electron chi connectivity index (χ0n) is 14.4. The highest BCUT2D eigenvalue weighted by Gasteiger charge is 2.15. The predicted octanol–water partition coefficient (Wildman–Crippen LogP) is 4.24. The highest BCUT2D eigenvalue weighted by molar-refractivity contribution is 6.03. The van der Waals surface area contributed by atoms with E-state index in [2.05, 4.69) is 4.98 Å². The first-order valence-electron chi connectivity index (χ1n) is 8.32. The molecule has 1 amide bonds. The standard InChI is InChI=1S/C21H17N3O3/c25-21(13-12-17-9-6-10-19(15-17)24(26)27)23(20-11-4-5-14-22-20)16-18-7-2-1-3-8-18/h1-15H,16H2/b13-12+. The largest absolute Gasteiger partial charge is 0.289 e. The molecular weight excluding hydrogens is 342 g/mol. The maximum Gasteiger partial charge on any atom is 0.270 e. The van der Waals surface area contributed by atoms with E-state index in [1.807, 2.05) is 36.4 Å². The van der Waals surface area contributed by atoms with Gasteiger partial charge in [0.05, 0.1) is 11.5 Å². The maximum atomic E-state index is 12.8. The van der Waals surface area contributed by atoms with Crippen molar-refractivity contribution in [3.63, 3.8) is 0 Å². The summed E-state index contributed by atoms with van der Waals surface area (Å²) in [4.78, 5) is 29.1. The number of amides is 1. The van der Waals surface area contributed by atoms with Gasteiger partial charge in [-0.3, -0.25) is 19.8 Å². The molecule has 0 saturated heterocycles. The maximum absolute atomic E-state index is 12.8. The third-order valence-electron chi connectivity index (χ3n) is 3.87. The first-order chi connectivity index (χ1) is 13.1. The fourth-order valence-electron chi connectivity index (χ4n) is 2.55. The molecule has 3 aromatic rings. The van der Waals surface area contributed by atoms with E-state index in [0.29, 0.717) is 17.9 Å². The molecule has 6 heteroatoms. The van der Waals surface area contributed by atoms with Crippen LogP contribution in [-0.2, 0) is 11.3 Å². The fourth-order valence-corrected chi connectivity index (χ4v) is 2.55. The van der Waals surface area contributed by atoms with E-state index in [-0.39, 0.29) is 11.6 Å². The van der Waals surface area contributed by atoms with Crippen molar-refractivity contribution in [2.24, 2.45) is 0 Å². The van der Waals surface area contributed by atoms with Crippen LogP contribution in [0.15, 0.2) is 85.1 Å². The zero-order chi connectivity index (χ0) is 19.1. The summed E-state index contributed by atoms with van der Waals surface area (Å²) in [5, 5.41) is 10.9. The predicted molar refractivity (Wildman–Crippen MR) is 104 cm³/mol. The molecule has 134 valence electrons. The SMILES string of the molecule is O=C(/C=C/c1cccc([N+](=O)[O-])c1)N(Cc1ccccc1)c1ccccn1. The zero-order valence-corrected chi connectivity index (χ0v) is 14.4. The lowest BCUT2D eigenvalue weighted by Crippen LogP contribution is -2.29. The van der Waals surface area contributed by atoms with Gasteiger partial charge < -0.3 is 0 Å². The van der Waals surface area contributed by atoms with Crippen molar-refractivity contribution in [2.45, 2.75) is 6.54 Å². The van der Waals surface area contributed by atoms with Crippen molar-refractivity contribution in [2.75, 3.05) is 4.90 Å². The van der Waals surface area contributed by atoms with Crippen LogP contribution in [0.4, 0.5) is 11.5 Å². The summed E-state index contributed by atoms with van der Waals surface area (Å²) >= 11 is 0. The van der Waals surface area contributed by atoms with Crippen LogP contribution in [0.2, 0.25) is 0 Å². The van der Waals surface area contributed by atoms with Crippen molar-refractivity contribution in [3.8, 4) is 0 Å². The Bertz CT molecular complexity index is 957. The van der Waals surface area contributed by atoms with Crippen LogP contribution in [0.5, 0.6) is 0 Å². The Labute approximate surface area is 156 Å². The second-order valence-corrected chi connectivity index (χ2v) is 5.78. The molecule has 27 heavy (non-hydrogen) atoms. The molecule has 0 aliphatic rings. The number of carbonyl (C=O) groups is 1. The molecule has 3 rings (SSSR count). The Morgan fingerprint density at radius 3 is 2.52 bits per heavy atom. The summed E-state index contributed by atoms with van der Waals surface area (Å²) in [7, 11) is 0. The minimum atomic E-state index is -0.464. The molecule has 0 aliphatic carbocycles. The fraction of sp³-hybridized carbons (Fsp3) is 0.0476. The third kappa shape index (κ3) is 4.85. The molecule has 0 saturated carbocycles. The number of non-ortho nitro benzene ring substituents is 1. The number of pyridine rings is 1. The van der Waals surface area contributed by atoms with Gasteiger partial charge in [-0.2, -0.15) is 0 Å². The minimum Gasteiger partial charge on any atom is -0.289 e. The number of rotatable bonds is 6. The van der Waals surface area contributed by atoms with Crippen molar-refractivity contribution < 1.29 is 9.72 Å². The van der Waals surface area contributed by atoms with Crippen LogP contribution in [0.1, 0.15) is 11.1 Å². The van der Waals surface area contributed by atoms with Gasteiger partial charge in [0.15, 0.2) is 0 Å². The third-order valence-corrected chi connectivity index (χ3v) is 3.87. The Morgan fingerprint density at radius 1 is 1.04 bits per heavy atom. The molecule has 2 aromatic carbocycles. The number of anilines is 1. The average molecular weight is 359 g/mol. The van der Waals surface area contributed by atoms with E-state index < -0.39 is 4.92 Å². The summed E-state index contributed by atoms with van der Waals surface area (Å²) in [5.74, 6) is 0.277. The lowest BCUT2D eigenvalue weighted by Gasteiger charge is -2.20. The average Bonchev–Trinajstić information content (AvgIpc) is 2.72. The summed E-state index contributed by atoms with van der Waals surface area (Å²) < 4.78 is 0. The molecule has 0 fully saturated rings. The molecule has 0 bridgehead atoms. The van der Waals surface area contributed by atoms with Crippen molar-refractivity contribution >= 4 is 23.5 Å². The summed E-state index contributed by atoms with van der Waals surface area (Å²) in [5.41, 5.74) is 1.54. The molecule has 6 nitrogen and oxygen atoms in total. The number of benzene rings is 2. The Kier molecular flexibility index (Phi) is 5.69. The smallest absolute Gasteiger partial charge is 0.270 e. The number of nitro groups is 1. The van der Waals surface area contributed by atoms with E-state index in [4.69, 9.17) is 0 Å². The summed E-state index contributed by atoms with van der Waals surface area (Å²) in [6.45, 7) is 0.371. The highest BCUT2D eigenvalue weighted by atomic mass is 16.6. The van der Waals surface area contributed by atoms with Gasteiger partial charge in [0.2, 0.25) is 0 Å². The van der Waals surface area contributed by atoms with Crippen molar-refractivity contribution in [1.82, 2.24) is 4.98 Å². The molecule has 0 spiro atoms. The Hall–Kier alpha value is -3.80. The monoisotopic (exact) mass is 359 g/mol. The number of nitro benzene ring substituents is 1. The van der Waals surface area contributed by atoms with Gasteiger partial charge in [-0.05, 0) is 29.3 Å².